The third-order valence-electron chi connectivity index (χ3n) is 2.75. The van der Waals surface area contributed by atoms with Gasteiger partial charge in [0, 0.05) is 32.0 Å². The summed E-state index contributed by atoms with van der Waals surface area (Å²) in [7, 11) is 3.89. The van der Waals surface area contributed by atoms with Crippen molar-refractivity contribution < 1.29 is 4.79 Å². The third-order valence-corrected chi connectivity index (χ3v) is 2.75. The van der Waals surface area contributed by atoms with Gasteiger partial charge in [0.2, 0.25) is 0 Å². The Hall–Kier alpha value is -2.41. The lowest BCUT2D eigenvalue weighted by Crippen LogP contribution is -2.14. The summed E-state index contributed by atoms with van der Waals surface area (Å²) < 4.78 is 1.55. The molecule has 2 rings (SSSR count). The SMILES string of the molecule is CN(C)c1cccc(NC(=O)c2cn(CCN)nn2)c1. The van der Waals surface area contributed by atoms with Crippen LogP contribution in [0.3, 0.4) is 0 Å². The molecule has 3 N–H and O–H groups in total. The van der Waals surface area contributed by atoms with E-state index in [9.17, 15) is 4.79 Å². The average Bonchev–Trinajstić information content (AvgIpc) is 2.88. The van der Waals surface area contributed by atoms with Gasteiger partial charge in [0.1, 0.15) is 0 Å². The summed E-state index contributed by atoms with van der Waals surface area (Å²) in [6.07, 6.45) is 1.58. The maximum Gasteiger partial charge on any atom is 0.277 e. The molecule has 0 radical (unpaired) electrons. The van der Waals surface area contributed by atoms with Gasteiger partial charge in [-0.05, 0) is 18.2 Å². The standard InChI is InChI=1S/C13H18N6O/c1-18(2)11-5-3-4-10(8-11)15-13(20)12-9-19(7-6-14)17-16-12/h3-5,8-9H,6-7,14H2,1-2H3,(H,15,20). The van der Waals surface area contributed by atoms with Crippen molar-refractivity contribution >= 4 is 17.3 Å². The second kappa shape index (κ2) is 6.16. The Morgan fingerprint density at radius 3 is 2.95 bits per heavy atom. The van der Waals surface area contributed by atoms with E-state index in [2.05, 4.69) is 15.6 Å². The molecule has 0 spiro atoms. The van der Waals surface area contributed by atoms with E-state index in [1.807, 2.05) is 43.3 Å². The van der Waals surface area contributed by atoms with Crippen LogP contribution in [0, 0.1) is 0 Å². The van der Waals surface area contributed by atoms with Crippen LogP contribution >= 0.6 is 0 Å². The summed E-state index contributed by atoms with van der Waals surface area (Å²) in [6.45, 7) is 0.992. The van der Waals surface area contributed by atoms with Gasteiger partial charge in [-0.25, -0.2) is 0 Å². The first-order valence-electron chi connectivity index (χ1n) is 6.29. The number of amides is 1. The summed E-state index contributed by atoms with van der Waals surface area (Å²) in [5, 5.41) is 10.5. The fourth-order valence-corrected chi connectivity index (χ4v) is 1.70. The topological polar surface area (TPSA) is 89.1 Å². The largest absolute Gasteiger partial charge is 0.378 e. The van der Waals surface area contributed by atoms with Crippen LogP contribution in [0.25, 0.3) is 0 Å². The maximum absolute atomic E-state index is 12.0. The molecule has 0 aliphatic heterocycles. The van der Waals surface area contributed by atoms with Crippen molar-refractivity contribution in [2.75, 3.05) is 30.9 Å². The molecule has 0 bridgehead atoms. The van der Waals surface area contributed by atoms with E-state index in [4.69, 9.17) is 5.73 Å². The van der Waals surface area contributed by atoms with Crippen LogP contribution in [0.4, 0.5) is 11.4 Å². The molecule has 1 heterocycles. The monoisotopic (exact) mass is 274 g/mol. The Morgan fingerprint density at radius 1 is 1.45 bits per heavy atom. The van der Waals surface area contributed by atoms with E-state index in [1.165, 1.54) is 0 Å². The lowest BCUT2D eigenvalue weighted by molar-refractivity contribution is 0.102. The number of nitrogens with one attached hydrogen (secondary N) is 1. The van der Waals surface area contributed by atoms with Gasteiger partial charge in [-0.1, -0.05) is 11.3 Å². The maximum atomic E-state index is 12.0. The molecule has 0 aliphatic carbocycles. The van der Waals surface area contributed by atoms with Gasteiger partial charge >= 0.3 is 0 Å². The number of hydrogen-bond donors (Lipinski definition) is 2. The van der Waals surface area contributed by atoms with E-state index in [-0.39, 0.29) is 11.6 Å². The molecule has 0 aliphatic rings. The van der Waals surface area contributed by atoms with Crippen molar-refractivity contribution in [1.29, 1.82) is 0 Å². The van der Waals surface area contributed by atoms with Crippen LogP contribution in [-0.4, -0.2) is 41.5 Å². The molecule has 0 atom stereocenters. The minimum absolute atomic E-state index is 0.272. The van der Waals surface area contributed by atoms with Crippen molar-refractivity contribution in [2.24, 2.45) is 5.73 Å². The first-order chi connectivity index (χ1) is 9.60. The minimum atomic E-state index is -0.288. The van der Waals surface area contributed by atoms with Gasteiger partial charge in [-0.3, -0.25) is 9.48 Å². The second-order valence-electron chi connectivity index (χ2n) is 4.55. The number of carbonyl (C=O) groups is 1. The molecule has 7 heteroatoms. The van der Waals surface area contributed by atoms with Crippen LogP contribution in [-0.2, 0) is 6.54 Å². The molecule has 1 aromatic heterocycles. The highest BCUT2D eigenvalue weighted by Gasteiger charge is 2.11. The number of carbonyl (C=O) groups excluding carboxylic acids is 1. The van der Waals surface area contributed by atoms with E-state index < -0.39 is 0 Å². The Kier molecular flexibility index (Phi) is 4.31. The highest BCUT2D eigenvalue weighted by molar-refractivity contribution is 6.02. The van der Waals surface area contributed by atoms with Gasteiger partial charge < -0.3 is 16.0 Å². The number of rotatable bonds is 5. The number of hydrogen-bond acceptors (Lipinski definition) is 5. The molecule has 106 valence electrons. The van der Waals surface area contributed by atoms with Crippen LogP contribution in [0.5, 0.6) is 0 Å². The van der Waals surface area contributed by atoms with E-state index >= 15 is 0 Å². The Labute approximate surface area is 117 Å². The lowest BCUT2D eigenvalue weighted by Gasteiger charge is -2.13. The highest BCUT2D eigenvalue weighted by atomic mass is 16.2. The normalized spacial score (nSPS) is 10.3. The first kappa shape index (κ1) is 14.0. The van der Waals surface area contributed by atoms with Gasteiger partial charge in [0.25, 0.3) is 5.91 Å². The predicted molar refractivity (Wildman–Crippen MR) is 77.8 cm³/mol. The second-order valence-corrected chi connectivity index (χ2v) is 4.55. The zero-order valence-electron chi connectivity index (χ0n) is 11.6. The van der Waals surface area contributed by atoms with Crippen LogP contribution in [0.15, 0.2) is 30.5 Å². The van der Waals surface area contributed by atoms with Gasteiger partial charge in [-0.15, -0.1) is 5.10 Å². The van der Waals surface area contributed by atoms with Gasteiger partial charge in [0.05, 0.1) is 12.7 Å². The lowest BCUT2D eigenvalue weighted by atomic mass is 10.2. The fourth-order valence-electron chi connectivity index (χ4n) is 1.70. The average molecular weight is 274 g/mol. The Bertz CT molecular complexity index is 592. The van der Waals surface area contributed by atoms with Crippen molar-refractivity contribution in [2.45, 2.75) is 6.54 Å². The summed E-state index contributed by atoms with van der Waals surface area (Å²) in [6, 6.07) is 7.57. The Morgan fingerprint density at radius 2 is 2.25 bits per heavy atom. The summed E-state index contributed by atoms with van der Waals surface area (Å²) >= 11 is 0. The van der Waals surface area contributed by atoms with Gasteiger partial charge in [-0.2, -0.15) is 0 Å². The molecule has 0 saturated carbocycles. The van der Waals surface area contributed by atoms with Crippen molar-refractivity contribution in [1.82, 2.24) is 15.0 Å². The van der Waals surface area contributed by atoms with Crippen LogP contribution in [0.2, 0.25) is 0 Å². The Balaban J connectivity index is 2.08. The molecular formula is C13H18N6O. The molecule has 0 saturated heterocycles. The first-order valence-corrected chi connectivity index (χ1v) is 6.29. The smallest absolute Gasteiger partial charge is 0.277 e. The predicted octanol–water partition coefficient (Wildman–Crippen LogP) is 0.555. The zero-order chi connectivity index (χ0) is 14.5. The quantitative estimate of drug-likeness (QED) is 0.831. The number of nitrogens with two attached hydrogens (primary N) is 1. The minimum Gasteiger partial charge on any atom is -0.378 e. The molecule has 0 fully saturated rings. The van der Waals surface area contributed by atoms with Crippen LogP contribution in [0.1, 0.15) is 10.5 Å². The van der Waals surface area contributed by atoms with Crippen molar-refractivity contribution in [3.05, 3.63) is 36.2 Å². The number of anilines is 2. The van der Waals surface area contributed by atoms with Crippen molar-refractivity contribution in [3.63, 3.8) is 0 Å². The highest BCUT2D eigenvalue weighted by Crippen LogP contribution is 2.17. The number of nitrogens with zero attached hydrogens (tertiary/aromatic N) is 4. The van der Waals surface area contributed by atoms with E-state index in [1.54, 1.807) is 10.9 Å². The molecule has 1 aromatic carbocycles. The molecule has 2 aromatic rings. The number of benzene rings is 1. The molecule has 0 unspecified atom stereocenters. The molecular weight excluding hydrogens is 256 g/mol. The molecule has 20 heavy (non-hydrogen) atoms. The summed E-state index contributed by atoms with van der Waals surface area (Å²) in [5.41, 5.74) is 7.42. The fraction of sp³-hybridized carbons (Fsp3) is 0.308. The van der Waals surface area contributed by atoms with Crippen molar-refractivity contribution in [3.8, 4) is 0 Å². The number of aromatic nitrogens is 3. The van der Waals surface area contributed by atoms with Gasteiger partial charge in [0.15, 0.2) is 5.69 Å². The third kappa shape index (κ3) is 3.33. The summed E-state index contributed by atoms with van der Waals surface area (Å²) in [4.78, 5) is 14.0. The zero-order valence-corrected chi connectivity index (χ0v) is 11.6. The van der Waals surface area contributed by atoms with E-state index in [0.717, 1.165) is 11.4 Å². The van der Waals surface area contributed by atoms with E-state index in [0.29, 0.717) is 13.1 Å². The summed E-state index contributed by atoms with van der Waals surface area (Å²) in [5.74, 6) is -0.288. The molecule has 1 amide bonds. The van der Waals surface area contributed by atoms with Crippen LogP contribution < -0.4 is 16.0 Å². The molecule has 7 nitrogen and oxygen atoms in total.